The summed E-state index contributed by atoms with van der Waals surface area (Å²) in [6, 6.07) is 0.987. The molecule has 1 saturated heterocycles. The van der Waals surface area contributed by atoms with Crippen LogP contribution in [0.25, 0.3) is 0 Å². The first-order valence-corrected chi connectivity index (χ1v) is 5.59. The summed E-state index contributed by atoms with van der Waals surface area (Å²) in [6.07, 6.45) is 0.670. The highest BCUT2D eigenvalue weighted by atomic mass is 19.1. The van der Waals surface area contributed by atoms with Crippen molar-refractivity contribution in [3.05, 3.63) is 35.1 Å². The fourth-order valence-electron chi connectivity index (χ4n) is 2.02. The van der Waals surface area contributed by atoms with Crippen LogP contribution in [0.3, 0.4) is 0 Å². The molecule has 0 saturated carbocycles. The lowest BCUT2D eigenvalue weighted by molar-refractivity contribution is 0.0904. The Morgan fingerprint density at radius 3 is 2.44 bits per heavy atom. The SMILES string of the molecule is CC1(NC(=O)c2c(F)cc(F)cc2F)CCNC1. The summed E-state index contributed by atoms with van der Waals surface area (Å²) in [5, 5.41) is 5.61. The Balaban J connectivity index is 2.24. The van der Waals surface area contributed by atoms with Crippen LogP contribution in [0.4, 0.5) is 13.2 Å². The molecule has 1 aliphatic heterocycles. The maximum atomic E-state index is 13.4. The number of rotatable bonds is 2. The molecule has 1 atom stereocenters. The summed E-state index contributed by atoms with van der Waals surface area (Å²) in [4.78, 5) is 11.8. The van der Waals surface area contributed by atoms with Gasteiger partial charge < -0.3 is 10.6 Å². The Morgan fingerprint density at radius 1 is 1.33 bits per heavy atom. The Labute approximate surface area is 102 Å². The Kier molecular flexibility index (Phi) is 3.30. The quantitative estimate of drug-likeness (QED) is 0.845. The molecule has 2 rings (SSSR count). The van der Waals surface area contributed by atoms with E-state index in [1.165, 1.54) is 0 Å². The Morgan fingerprint density at radius 2 is 1.94 bits per heavy atom. The molecule has 0 bridgehead atoms. The minimum Gasteiger partial charge on any atom is -0.345 e. The van der Waals surface area contributed by atoms with Gasteiger partial charge in [0, 0.05) is 18.7 Å². The molecule has 1 amide bonds. The van der Waals surface area contributed by atoms with Gasteiger partial charge in [-0.1, -0.05) is 0 Å². The molecule has 2 N–H and O–H groups in total. The molecule has 98 valence electrons. The second-order valence-electron chi connectivity index (χ2n) is 4.69. The lowest BCUT2D eigenvalue weighted by Crippen LogP contribution is -2.48. The zero-order valence-electron chi connectivity index (χ0n) is 9.82. The van der Waals surface area contributed by atoms with Gasteiger partial charge in [-0.25, -0.2) is 13.2 Å². The molecule has 6 heteroatoms. The van der Waals surface area contributed by atoms with Crippen molar-refractivity contribution in [3.63, 3.8) is 0 Å². The van der Waals surface area contributed by atoms with Gasteiger partial charge >= 0.3 is 0 Å². The van der Waals surface area contributed by atoms with Gasteiger partial charge in [0.15, 0.2) is 0 Å². The third-order valence-corrected chi connectivity index (χ3v) is 3.02. The summed E-state index contributed by atoms with van der Waals surface area (Å²) < 4.78 is 39.5. The van der Waals surface area contributed by atoms with Crippen LogP contribution in [-0.2, 0) is 0 Å². The molecule has 0 aliphatic carbocycles. The van der Waals surface area contributed by atoms with Crippen LogP contribution >= 0.6 is 0 Å². The van der Waals surface area contributed by atoms with Gasteiger partial charge in [-0.05, 0) is 19.9 Å². The van der Waals surface area contributed by atoms with Crippen molar-refractivity contribution in [1.29, 1.82) is 0 Å². The molecule has 0 aromatic heterocycles. The van der Waals surface area contributed by atoms with Gasteiger partial charge in [0.25, 0.3) is 5.91 Å². The average molecular weight is 258 g/mol. The van der Waals surface area contributed by atoms with E-state index in [1.807, 2.05) is 0 Å². The minimum atomic E-state index is -1.19. The zero-order chi connectivity index (χ0) is 13.3. The first kappa shape index (κ1) is 12.9. The van der Waals surface area contributed by atoms with E-state index in [0.717, 1.165) is 6.54 Å². The first-order valence-electron chi connectivity index (χ1n) is 5.59. The molecule has 1 aromatic rings. The number of hydrogen-bond acceptors (Lipinski definition) is 2. The Bertz CT molecular complexity index is 461. The molecule has 1 fully saturated rings. The second kappa shape index (κ2) is 4.61. The number of carbonyl (C=O) groups is 1. The normalized spacial score (nSPS) is 23.1. The van der Waals surface area contributed by atoms with Gasteiger partial charge in [0.1, 0.15) is 23.0 Å². The standard InChI is InChI=1S/C12H13F3N2O/c1-12(2-3-16-6-12)17-11(18)10-8(14)4-7(13)5-9(10)15/h4-5,16H,2-3,6H2,1H3,(H,17,18). The van der Waals surface area contributed by atoms with Crippen molar-refractivity contribution in [1.82, 2.24) is 10.6 Å². The van der Waals surface area contributed by atoms with Crippen molar-refractivity contribution in [2.24, 2.45) is 0 Å². The minimum absolute atomic E-state index is 0.493. The number of hydrogen-bond donors (Lipinski definition) is 2. The highest BCUT2D eigenvalue weighted by molar-refractivity contribution is 5.95. The molecule has 18 heavy (non-hydrogen) atoms. The predicted molar refractivity (Wildman–Crippen MR) is 59.7 cm³/mol. The van der Waals surface area contributed by atoms with Crippen LogP contribution in [-0.4, -0.2) is 24.5 Å². The van der Waals surface area contributed by atoms with Crippen molar-refractivity contribution in [2.75, 3.05) is 13.1 Å². The number of halogens is 3. The van der Waals surface area contributed by atoms with Crippen molar-refractivity contribution in [2.45, 2.75) is 18.9 Å². The molecule has 1 aliphatic rings. The third-order valence-electron chi connectivity index (χ3n) is 3.02. The van der Waals surface area contributed by atoms with E-state index < -0.39 is 34.5 Å². The van der Waals surface area contributed by atoms with E-state index >= 15 is 0 Å². The first-order chi connectivity index (χ1) is 8.41. The van der Waals surface area contributed by atoms with E-state index in [2.05, 4.69) is 10.6 Å². The summed E-state index contributed by atoms with van der Waals surface area (Å²) in [5.74, 6) is -4.30. The van der Waals surface area contributed by atoms with Crippen LogP contribution in [0.2, 0.25) is 0 Å². The van der Waals surface area contributed by atoms with Crippen LogP contribution in [0.1, 0.15) is 23.7 Å². The fraction of sp³-hybridized carbons (Fsp3) is 0.417. The highest BCUT2D eigenvalue weighted by Crippen LogP contribution is 2.18. The molecular weight excluding hydrogens is 245 g/mol. The molecule has 0 spiro atoms. The monoisotopic (exact) mass is 258 g/mol. The molecule has 1 heterocycles. The summed E-state index contributed by atoms with van der Waals surface area (Å²) >= 11 is 0. The highest BCUT2D eigenvalue weighted by Gasteiger charge is 2.32. The van der Waals surface area contributed by atoms with E-state index in [9.17, 15) is 18.0 Å². The maximum Gasteiger partial charge on any atom is 0.257 e. The van der Waals surface area contributed by atoms with Gasteiger partial charge in [-0.2, -0.15) is 0 Å². The Hall–Kier alpha value is -1.56. The summed E-state index contributed by atoms with van der Waals surface area (Å²) in [6.45, 7) is 3.04. The second-order valence-corrected chi connectivity index (χ2v) is 4.69. The van der Waals surface area contributed by atoms with E-state index in [4.69, 9.17) is 0 Å². The lowest BCUT2D eigenvalue weighted by Gasteiger charge is -2.24. The van der Waals surface area contributed by atoms with E-state index in [0.29, 0.717) is 25.1 Å². The number of nitrogens with one attached hydrogen (secondary N) is 2. The predicted octanol–water partition coefficient (Wildman–Crippen LogP) is 1.59. The lowest BCUT2D eigenvalue weighted by atomic mass is 10.0. The van der Waals surface area contributed by atoms with Crippen LogP contribution in [0.5, 0.6) is 0 Å². The molecule has 1 unspecified atom stereocenters. The van der Waals surface area contributed by atoms with Gasteiger partial charge in [-0.15, -0.1) is 0 Å². The van der Waals surface area contributed by atoms with E-state index in [1.54, 1.807) is 6.92 Å². The molecule has 1 aromatic carbocycles. The van der Waals surface area contributed by atoms with Crippen LogP contribution < -0.4 is 10.6 Å². The van der Waals surface area contributed by atoms with Crippen LogP contribution in [0.15, 0.2) is 12.1 Å². The topological polar surface area (TPSA) is 41.1 Å². The van der Waals surface area contributed by atoms with Crippen molar-refractivity contribution >= 4 is 5.91 Å². The van der Waals surface area contributed by atoms with Crippen LogP contribution in [0, 0.1) is 17.5 Å². The zero-order valence-corrected chi connectivity index (χ0v) is 9.82. The molecular formula is C12H13F3N2O. The molecule has 3 nitrogen and oxygen atoms in total. The number of carbonyl (C=O) groups excluding carboxylic acids is 1. The largest absolute Gasteiger partial charge is 0.345 e. The number of amides is 1. The molecule has 0 radical (unpaired) electrons. The van der Waals surface area contributed by atoms with E-state index in [-0.39, 0.29) is 0 Å². The average Bonchev–Trinajstić information content (AvgIpc) is 2.62. The number of benzene rings is 1. The van der Waals surface area contributed by atoms with Crippen molar-refractivity contribution < 1.29 is 18.0 Å². The fourth-order valence-corrected chi connectivity index (χ4v) is 2.02. The third kappa shape index (κ3) is 2.48. The summed E-state index contributed by atoms with van der Waals surface area (Å²) in [7, 11) is 0. The van der Waals surface area contributed by atoms with Gasteiger partial charge in [-0.3, -0.25) is 4.79 Å². The van der Waals surface area contributed by atoms with Gasteiger partial charge in [0.05, 0.1) is 5.54 Å². The van der Waals surface area contributed by atoms with Crippen molar-refractivity contribution in [3.8, 4) is 0 Å². The maximum absolute atomic E-state index is 13.4. The summed E-state index contributed by atoms with van der Waals surface area (Å²) in [5.41, 5.74) is -1.28. The smallest absolute Gasteiger partial charge is 0.257 e. The van der Waals surface area contributed by atoms with Gasteiger partial charge in [0.2, 0.25) is 0 Å².